The zero-order valence-corrected chi connectivity index (χ0v) is 11.8. The molecule has 0 amide bonds. The number of benzene rings is 1. The Hall–Kier alpha value is -0.910. The topological polar surface area (TPSA) is 66.4 Å². The van der Waals surface area contributed by atoms with Crippen molar-refractivity contribution in [3.05, 3.63) is 35.4 Å². The van der Waals surface area contributed by atoms with Crippen LogP contribution in [0, 0.1) is 5.92 Å². The molecular formula is C14H21NO3S. The number of sulfonamides is 1. The minimum absolute atomic E-state index is 0.00335. The Bertz CT molecular complexity index is 492. The summed E-state index contributed by atoms with van der Waals surface area (Å²) in [6.07, 6.45) is 4.71. The van der Waals surface area contributed by atoms with Gasteiger partial charge in [0.15, 0.2) is 0 Å². The van der Waals surface area contributed by atoms with Gasteiger partial charge in [-0.3, -0.25) is 0 Å². The van der Waals surface area contributed by atoms with E-state index >= 15 is 0 Å². The predicted octanol–water partition coefficient (Wildman–Crippen LogP) is 1.79. The lowest BCUT2D eigenvalue weighted by Gasteiger charge is -2.25. The van der Waals surface area contributed by atoms with Crippen molar-refractivity contribution >= 4 is 10.0 Å². The van der Waals surface area contributed by atoms with Gasteiger partial charge in [0, 0.05) is 6.54 Å². The summed E-state index contributed by atoms with van der Waals surface area (Å²) in [6.45, 7) is 0.522. The summed E-state index contributed by atoms with van der Waals surface area (Å²) in [5, 5.41) is 8.93. The number of nitrogens with one attached hydrogen (secondary N) is 1. The van der Waals surface area contributed by atoms with Gasteiger partial charge in [-0.1, -0.05) is 43.5 Å². The zero-order valence-electron chi connectivity index (χ0n) is 11.0. The van der Waals surface area contributed by atoms with Crippen molar-refractivity contribution in [1.82, 2.24) is 4.72 Å². The number of rotatable bonds is 7. The van der Waals surface area contributed by atoms with Crippen molar-refractivity contribution in [3.8, 4) is 0 Å². The maximum Gasteiger partial charge on any atom is 0.215 e. The zero-order chi connectivity index (χ0) is 13.7. The number of hydrogen-bond acceptors (Lipinski definition) is 3. The molecule has 1 fully saturated rings. The second kappa shape index (κ2) is 6.50. The van der Waals surface area contributed by atoms with E-state index in [4.69, 9.17) is 5.11 Å². The molecule has 1 saturated carbocycles. The molecule has 1 aromatic carbocycles. The Morgan fingerprint density at radius 2 is 1.79 bits per heavy atom. The second-order valence-electron chi connectivity index (χ2n) is 5.21. The van der Waals surface area contributed by atoms with Gasteiger partial charge in [-0.05, 0) is 23.5 Å². The van der Waals surface area contributed by atoms with Crippen molar-refractivity contribution < 1.29 is 13.5 Å². The van der Waals surface area contributed by atoms with E-state index in [0.717, 1.165) is 17.5 Å². The second-order valence-corrected chi connectivity index (χ2v) is 7.02. The molecule has 5 heteroatoms. The Labute approximate surface area is 114 Å². The van der Waals surface area contributed by atoms with Crippen LogP contribution in [0.4, 0.5) is 0 Å². The highest BCUT2D eigenvalue weighted by Crippen LogP contribution is 2.28. The Balaban J connectivity index is 1.81. The standard InChI is InChI=1S/C14H21NO3S/c16-10-13-4-6-14(7-5-13)11-19(17,18)15-9-8-12-2-1-3-12/h4-7,12,15-16H,1-3,8-11H2. The molecule has 0 unspecified atom stereocenters. The molecule has 2 rings (SSSR count). The van der Waals surface area contributed by atoms with Crippen LogP contribution in [0.2, 0.25) is 0 Å². The lowest BCUT2D eigenvalue weighted by molar-refractivity contribution is 0.282. The van der Waals surface area contributed by atoms with Crippen molar-refractivity contribution in [1.29, 1.82) is 0 Å². The van der Waals surface area contributed by atoms with Gasteiger partial charge in [-0.2, -0.15) is 0 Å². The van der Waals surface area contributed by atoms with E-state index < -0.39 is 10.0 Å². The van der Waals surface area contributed by atoms with Crippen molar-refractivity contribution in [2.24, 2.45) is 5.92 Å². The largest absolute Gasteiger partial charge is 0.392 e. The molecule has 0 atom stereocenters. The van der Waals surface area contributed by atoms with Crippen LogP contribution < -0.4 is 4.72 Å². The van der Waals surface area contributed by atoms with Crippen LogP contribution in [-0.4, -0.2) is 20.1 Å². The van der Waals surface area contributed by atoms with E-state index in [1.807, 2.05) is 0 Å². The quantitative estimate of drug-likeness (QED) is 0.801. The normalized spacial score (nSPS) is 16.3. The van der Waals surface area contributed by atoms with Crippen molar-refractivity contribution in [2.75, 3.05) is 6.54 Å². The minimum atomic E-state index is -3.25. The molecule has 0 heterocycles. The fourth-order valence-electron chi connectivity index (χ4n) is 2.21. The molecule has 1 aliphatic carbocycles. The lowest BCUT2D eigenvalue weighted by atomic mass is 9.83. The lowest BCUT2D eigenvalue weighted by Crippen LogP contribution is -2.28. The van der Waals surface area contributed by atoms with Gasteiger partial charge in [0.25, 0.3) is 0 Å². The summed E-state index contributed by atoms with van der Waals surface area (Å²) in [4.78, 5) is 0. The molecule has 1 aliphatic rings. The molecule has 0 bridgehead atoms. The van der Waals surface area contributed by atoms with Crippen LogP contribution in [-0.2, 0) is 22.4 Å². The van der Waals surface area contributed by atoms with Crippen LogP contribution >= 0.6 is 0 Å². The van der Waals surface area contributed by atoms with Gasteiger partial charge in [0.05, 0.1) is 12.4 Å². The number of aliphatic hydroxyl groups excluding tert-OH is 1. The van der Waals surface area contributed by atoms with Crippen LogP contribution in [0.25, 0.3) is 0 Å². The highest BCUT2D eigenvalue weighted by molar-refractivity contribution is 7.88. The molecule has 1 aromatic rings. The summed E-state index contributed by atoms with van der Waals surface area (Å²) in [6, 6.07) is 6.99. The first kappa shape index (κ1) is 14.5. The Morgan fingerprint density at radius 1 is 1.16 bits per heavy atom. The SMILES string of the molecule is O=S(=O)(Cc1ccc(CO)cc1)NCCC1CCC1. The molecule has 0 aliphatic heterocycles. The van der Waals surface area contributed by atoms with Crippen LogP contribution in [0.15, 0.2) is 24.3 Å². The number of aliphatic hydroxyl groups is 1. The highest BCUT2D eigenvalue weighted by atomic mass is 32.2. The average molecular weight is 283 g/mol. The average Bonchev–Trinajstić information content (AvgIpc) is 2.33. The van der Waals surface area contributed by atoms with E-state index in [2.05, 4.69) is 4.72 Å². The molecule has 106 valence electrons. The van der Waals surface area contributed by atoms with E-state index in [1.165, 1.54) is 19.3 Å². The maximum atomic E-state index is 11.9. The first-order valence-electron chi connectivity index (χ1n) is 6.75. The van der Waals surface area contributed by atoms with E-state index in [-0.39, 0.29) is 12.4 Å². The molecule has 19 heavy (non-hydrogen) atoms. The van der Waals surface area contributed by atoms with Crippen molar-refractivity contribution in [3.63, 3.8) is 0 Å². The molecule has 0 spiro atoms. The maximum absolute atomic E-state index is 11.9. The predicted molar refractivity (Wildman–Crippen MR) is 74.9 cm³/mol. The molecule has 2 N–H and O–H groups in total. The monoisotopic (exact) mass is 283 g/mol. The van der Waals surface area contributed by atoms with Gasteiger partial charge in [-0.25, -0.2) is 13.1 Å². The first-order chi connectivity index (χ1) is 9.09. The van der Waals surface area contributed by atoms with Gasteiger partial charge < -0.3 is 5.11 Å². The molecular weight excluding hydrogens is 262 g/mol. The third-order valence-electron chi connectivity index (χ3n) is 3.66. The minimum Gasteiger partial charge on any atom is -0.392 e. The number of hydrogen-bond donors (Lipinski definition) is 2. The molecule has 0 saturated heterocycles. The summed E-state index contributed by atoms with van der Waals surface area (Å²) >= 11 is 0. The fraction of sp³-hybridized carbons (Fsp3) is 0.571. The fourth-order valence-corrected chi connectivity index (χ4v) is 3.37. The molecule has 0 radical (unpaired) electrons. The summed E-state index contributed by atoms with van der Waals surface area (Å²) in [7, 11) is -3.25. The third-order valence-corrected chi connectivity index (χ3v) is 5.02. The smallest absolute Gasteiger partial charge is 0.215 e. The van der Waals surface area contributed by atoms with Gasteiger partial charge in [-0.15, -0.1) is 0 Å². The Morgan fingerprint density at radius 3 is 2.32 bits per heavy atom. The van der Waals surface area contributed by atoms with E-state index in [0.29, 0.717) is 12.5 Å². The van der Waals surface area contributed by atoms with Crippen LogP contribution in [0.3, 0.4) is 0 Å². The van der Waals surface area contributed by atoms with Gasteiger partial charge >= 0.3 is 0 Å². The van der Waals surface area contributed by atoms with Crippen LogP contribution in [0.1, 0.15) is 36.8 Å². The third kappa shape index (κ3) is 4.60. The first-order valence-corrected chi connectivity index (χ1v) is 8.40. The summed E-state index contributed by atoms with van der Waals surface area (Å²) in [5.74, 6) is 0.718. The Kier molecular flexibility index (Phi) is 4.96. The highest BCUT2D eigenvalue weighted by Gasteiger charge is 2.18. The summed E-state index contributed by atoms with van der Waals surface area (Å²) in [5.41, 5.74) is 1.53. The van der Waals surface area contributed by atoms with Gasteiger partial charge in [0.2, 0.25) is 10.0 Å². The molecule has 0 aromatic heterocycles. The summed E-state index contributed by atoms with van der Waals surface area (Å²) < 4.78 is 26.4. The van der Waals surface area contributed by atoms with E-state index in [1.54, 1.807) is 24.3 Å². The van der Waals surface area contributed by atoms with Gasteiger partial charge in [0.1, 0.15) is 0 Å². The van der Waals surface area contributed by atoms with E-state index in [9.17, 15) is 8.42 Å². The van der Waals surface area contributed by atoms with Crippen molar-refractivity contribution in [2.45, 2.75) is 38.0 Å². The van der Waals surface area contributed by atoms with Crippen LogP contribution in [0.5, 0.6) is 0 Å². The molecule has 4 nitrogen and oxygen atoms in total.